The lowest BCUT2D eigenvalue weighted by Crippen LogP contribution is -2.24. The van der Waals surface area contributed by atoms with Crippen LogP contribution >= 0.6 is 46.4 Å². The molecular formula is C28H18Cl4N6O4. The first-order chi connectivity index (χ1) is 20.1. The quantitative estimate of drug-likeness (QED) is 0.226. The highest BCUT2D eigenvalue weighted by Crippen LogP contribution is 2.28. The molecule has 2 aliphatic heterocycles. The van der Waals surface area contributed by atoms with E-state index in [9.17, 15) is 19.8 Å². The molecule has 2 amide bonds. The number of benzene rings is 2. The van der Waals surface area contributed by atoms with E-state index in [1.807, 2.05) is 0 Å². The number of aromatic nitrogens is 2. The Kier molecular flexibility index (Phi) is 8.83. The van der Waals surface area contributed by atoms with Gasteiger partial charge in [-0.1, -0.05) is 82.8 Å². The number of aliphatic hydroxyl groups excluding tert-OH is 2. The van der Waals surface area contributed by atoms with E-state index in [1.54, 1.807) is 72.8 Å². The van der Waals surface area contributed by atoms with E-state index in [-0.39, 0.29) is 10.3 Å². The number of carbonyl (C=O) groups is 2. The summed E-state index contributed by atoms with van der Waals surface area (Å²) < 4.78 is 0. The average molecular weight is 644 g/mol. The maximum atomic E-state index is 11.8. The molecule has 2 aliphatic rings. The zero-order chi connectivity index (χ0) is 30.0. The lowest BCUT2D eigenvalue weighted by Gasteiger charge is -2.10. The second-order valence-electron chi connectivity index (χ2n) is 8.70. The minimum absolute atomic E-state index is 0.249. The maximum absolute atomic E-state index is 11.8. The maximum Gasteiger partial charge on any atom is 0.276 e. The second kappa shape index (κ2) is 12.5. The summed E-state index contributed by atoms with van der Waals surface area (Å²) in [4.78, 5) is 40.0. The fourth-order valence-corrected chi connectivity index (χ4v) is 4.76. The predicted molar refractivity (Wildman–Crippen MR) is 162 cm³/mol. The summed E-state index contributed by atoms with van der Waals surface area (Å²) in [5.41, 5.74) is 3.30. The first-order valence-electron chi connectivity index (χ1n) is 12.1. The molecule has 14 heteroatoms. The fourth-order valence-electron chi connectivity index (χ4n) is 4.01. The number of pyridine rings is 2. The number of anilines is 2. The third-order valence-corrected chi connectivity index (χ3v) is 7.00. The van der Waals surface area contributed by atoms with E-state index < -0.39 is 24.3 Å². The van der Waals surface area contributed by atoms with E-state index in [0.717, 1.165) is 0 Å². The number of hydrogen-bond acceptors (Lipinski definition) is 8. The normalized spacial score (nSPS) is 17.6. The smallest absolute Gasteiger partial charge is 0.276 e. The van der Waals surface area contributed by atoms with Crippen LogP contribution in [0.2, 0.25) is 20.4 Å². The van der Waals surface area contributed by atoms with Crippen molar-refractivity contribution in [1.29, 1.82) is 0 Å². The van der Waals surface area contributed by atoms with Crippen molar-refractivity contribution < 1.29 is 19.8 Å². The van der Waals surface area contributed by atoms with Gasteiger partial charge >= 0.3 is 0 Å². The highest BCUT2D eigenvalue weighted by atomic mass is 35.5. The van der Waals surface area contributed by atoms with Gasteiger partial charge in [-0.15, -0.1) is 0 Å². The first kappa shape index (κ1) is 29.6. The zero-order valence-electron chi connectivity index (χ0n) is 21.1. The molecule has 0 radical (unpaired) electrons. The van der Waals surface area contributed by atoms with Gasteiger partial charge in [-0.3, -0.25) is 9.59 Å². The average Bonchev–Trinajstić information content (AvgIpc) is 3.17. The van der Waals surface area contributed by atoms with E-state index >= 15 is 0 Å². The highest BCUT2D eigenvalue weighted by molar-refractivity contribution is 6.37. The molecular weight excluding hydrogens is 626 g/mol. The summed E-state index contributed by atoms with van der Waals surface area (Å²) in [6, 6.07) is 20.2. The number of carbonyl (C=O) groups excluding carboxylic acids is 2. The van der Waals surface area contributed by atoms with Gasteiger partial charge in [0.1, 0.15) is 21.7 Å². The molecule has 6 rings (SSSR count). The van der Waals surface area contributed by atoms with Crippen LogP contribution in [0.4, 0.5) is 11.4 Å². The van der Waals surface area contributed by atoms with E-state index in [2.05, 4.69) is 30.6 Å². The van der Waals surface area contributed by atoms with Gasteiger partial charge in [-0.2, -0.15) is 0 Å². The number of aliphatic hydroxyl groups is 2. The molecule has 0 saturated carbocycles. The van der Waals surface area contributed by atoms with Crippen LogP contribution in [0.1, 0.15) is 22.5 Å². The van der Waals surface area contributed by atoms with Crippen LogP contribution in [-0.4, -0.2) is 55.9 Å². The molecule has 0 bridgehead atoms. The summed E-state index contributed by atoms with van der Waals surface area (Å²) >= 11 is 24.2. The molecule has 4 N–H and O–H groups in total. The number of aliphatic imine (C=N–C) groups is 2. The number of halogens is 4. The lowest BCUT2D eigenvalue weighted by molar-refractivity contribution is -0.124. The molecule has 0 saturated heterocycles. The molecule has 0 fully saturated rings. The Labute approximate surface area is 258 Å². The van der Waals surface area contributed by atoms with Crippen molar-refractivity contribution in [2.24, 2.45) is 9.98 Å². The van der Waals surface area contributed by atoms with Gasteiger partial charge in [0.05, 0.1) is 32.8 Å². The predicted octanol–water partition coefficient (Wildman–Crippen LogP) is 4.99. The van der Waals surface area contributed by atoms with Gasteiger partial charge in [0, 0.05) is 11.1 Å². The molecule has 42 heavy (non-hydrogen) atoms. The van der Waals surface area contributed by atoms with Crippen LogP contribution in [0.25, 0.3) is 0 Å². The van der Waals surface area contributed by atoms with Crippen molar-refractivity contribution in [1.82, 2.24) is 9.97 Å². The summed E-state index contributed by atoms with van der Waals surface area (Å²) in [6.07, 6.45) is -3.08. The number of amides is 2. The van der Waals surface area contributed by atoms with Crippen molar-refractivity contribution in [3.05, 3.63) is 116 Å². The molecule has 2 unspecified atom stereocenters. The highest BCUT2D eigenvalue weighted by Gasteiger charge is 2.27. The Hall–Kier alpha value is -3.90. The van der Waals surface area contributed by atoms with Crippen LogP contribution < -0.4 is 10.6 Å². The lowest BCUT2D eigenvalue weighted by atomic mass is 10.1. The van der Waals surface area contributed by atoms with Gasteiger partial charge in [0.25, 0.3) is 11.8 Å². The summed E-state index contributed by atoms with van der Waals surface area (Å²) in [5.74, 6) is -1.27. The second-order valence-corrected chi connectivity index (χ2v) is 10.3. The van der Waals surface area contributed by atoms with Crippen molar-refractivity contribution in [2.75, 3.05) is 10.6 Å². The van der Waals surface area contributed by atoms with Crippen LogP contribution in [0.3, 0.4) is 0 Å². The molecule has 0 aliphatic carbocycles. The Morgan fingerprint density at radius 2 is 0.952 bits per heavy atom. The zero-order valence-corrected chi connectivity index (χ0v) is 24.1. The molecule has 2 atom stereocenters. The van der Waals surface area contributed by atoms with Crippen LogP contribution in [0, 0.1) is 0 Å². The van der Waals surface area contributed by atoms with Gasteiger partial charge in [0.15, 0.2) is 0 Å². The van der Waals surface area contributed by atoms with Crippen LogP contribution in [0.15, 0.2) is 82.8 Å². The molecule has 212 valence electrons. The van der Waals surface area contributed by atoms with Gasteiger partial charge in [0.2, 0.25) is 12.5 Å². The molecule has 10 nitrogen and oxygen atoms in total. The fraction of sp³-hybridized carbons (Fsp3) is 0.0714. The molecule has 4 aromatic rings. The van der Waals surface area contributed by atoms with Crippen molar-refractivity contribution in [3.63, 3.8) is 0 Å². The third-order valence-electron chi connectivity index (χ3n) is 5.92. The van der Waals surface area contributed by atoms with Crippen molar-refractivity contribution in [2.45, 2.75) is 12.5 Å². The van der Waals surface area contributed by atoms with E-state index in [1.165, 1.54) is 0 Å². The number of fused-ring (bicyclic) bond motifs is 2. The first-order valence-corrected chi connectivity index (χ1v) is 13.6. The molecule has 2 aromatic heterocycles. The topological polar surface area (TPSA) is 149 Å². The van der Waals surface area contributed by atoms with Crippen molar-refractivity contribution >= 4 is 81.0 Å². The number of nitrogens with zero attached hydrogens (tertiary/aromatic N) is 4. The molecule has 4 heterocycles. The van der Waals surface area contributed by atoms with Crippen LogP contribution in [-0.2, 0) is 9.59 Å². The summed E-state index contributed by atoms with van der Waals surface area (Å²) in [5, 5.41) is 26.1. The molecule has 0 spiro atoms. The number of rotatable bonds is 2. The Bertz CT molecular complexity index is 1650. The van der Waals surface area contributed by atoms with Crippen LogP contribution in [0.5, 0.6) is 0 Å². The Morgan fingerprint density at radius 3 is 1.33 bits per heavy atom. The Morgan fingerprint density at radius 1 is 0.571 bits per heavy atom. The summed E-state index contributed by atoms with van der Waals surface area (Å²) in [6.45, 7) is 0. The van der Waals surface area contributed by atoms with E-state index in [0.29, 0.717) is 55.4 Å². The molecule has 2 aromatic carbocycles. The third kappa shape index (κ3) is 6.29. The van der Waals surface area contributed by atoms with Gasteiger partial charge in [-0.05, 0) is 36.4 Å². The monoisotopic (exact) mass is 642 g/mol. The Balaban J connectivity index is 0.000000168. The minimum atomic E-state index is -1.54. The SMILES string of the molecule is O=C1Nc2ccc(Cl)nc2C(c2ccccc2Cl)=NC1O.O=C1Nc2ccc(Cl)nc2C(c2ccccc2Cl)=NC1O. The minimum Gasteiger partial charge on any atom is -0.364 e. The van der Waals surface area contributed by atoms with E-state index in [4.69, 9.17) is 46.4 Å². The summed E-state index contributed by atoms with van der Waals surface area (Å²) in [7, 11) is 0. The van der Waals surface area contributed by atoms with Gasteiger partial charge in [-0.25, -0.2) is 20.0 Å². The number of hydrogen-bond donors (Lipinski definition) is 4. The van der Waals surface area contributed by atoms with Gasteiger partial charge < -0.3 is 20.8 Å². The largest absolute Gasteiger partial charge is 0.364 e. The number of nitrogens with one attached hydrogen (secondary N) is 2. The van der Waals surface area contributed by atoms with Crippen molar-refractivity contribution in [3.8, 4) is 0 Å². The standard InChI is InChI=1S/2C14H9Cl2N3O2/c2*15-8-4-2-1-3-7(8)11-12-9(5-6-10(16)18-12)17-13(20)14(21)19-11/h2*1-6,14,21H,(H,17,20).